The summed E-state index contributed by atoms with van der Waals surface area (Å²) >= 11 is 0. The van der Waals surface area contributed by atoms with Gasteiger partial charge in [-0.05, 0) is 48.8 Å². The Morgan fingerprint density at radius 2 is 1.94 bits per heavy atom. The second-order valence-electron chi connectivity index (χ2n) is 5.73. The molecule has 1 atom stereocenters. The molecule has 1 aromatic carbocycles. The fraction of sp³-hybridized carbons (Fsp3) is 0.600. The Labute approximate surface area is 103 Å². The number of hydrogen-bond acceptors (Lipinski definition) is 2. The minimum Gasteiger partial charge on any atom is -0.396 e. The third-order valence-electron chi connectivity index (χ3n) is 4.81. The molecule has 1 unspecified atom stereocenters. The highest BCUT2D eigenvalue weighted by Gasteiger charge is 2.42. The van der Waals surface area contributed by atoms with E-state index in [0.717, 1.165) is 12.8 Å². The molecule has 0 aliphatic heterocycles. The standard InChI is InChI=1S/C15H21NO/c16-14(15(10-17)7-2-8-15)13-6-5-11-3-1-4-12(11)9-13/h5-6,9,14,17H,1-4,7-8,10,16H2. The Morgan fingerprint density at radius 1 is 1.18 bits per heavy atom. The molecule has 1 aromatic rings. The van der Waals surface area contributed by atoms with Crippen LogP contribution in [-0.4, -0.2) is 11.7 Å². The summed E-state index contributed by atoms with van der Waals surface area (Å²) in [5.41, 5.74) is 10.5. The maximum Gasteiger partial charge on any atom is 0.0505 e. The molecule has 0 saturated heterocycles. The lowest BCUT2D eigenvalue weighted by Crippen LogP contribution is -2.43. The maximum absolute atomic E-state index is 9.58. The summed E-state index contributed by atoms with van der Waals surface area (Å²) < 4.78 is 0. The first kappa shape index (κ1) is 11.2. The Balaban J connectivity index is 1.88. The van der Waals surface area contributed by atoms with Crippen LogP contribution in [0.4, 0.5) is 0 Å². The summed E-state index contributed by atoms with van der Waals surface area (Å²) in [7, 11) is 0. The lowest BCUT2D eigenvalue weighted by atomic mass is 9.63. The first-order valence-electron chi connectivity index (χ1n) is 6.73. The van der Waals surface area contributed by atoms with E-state index < -0.39 is 0 Å². The molecule has 2 aliphatic rings. The van der Waals surface area contributed by atoms with Gasteiger partial charge in [-0.3, -0.25) is 0 Å². The number of aryl methyl sites for hydroxylation is 2. The van der Waals surface area contributed by atoms with Gasteiger partial charge >= 0.3 is 0 Å². The molecule has 2 nitrogen and oxygen atoms in total. The van der Waals surface area contributed by atoms with Crippen LogP contribution in [-0.2, 0) is 12.8 Å². The van der Waals surface area contributed by atoms with Crippen molar-refractivity contribution in [2.45, 2.75) is 44.6 Å². The van der Waals surface area contributed by atoms with Gasteiger partial charge in [0, 0.05) is 11.5 Å². The van der Waals surface area contributed by atoms with Crippen LogP contribution in [0.15, 0.2) is 18.2 Å². The summed E-state index contributed by atoms with van der Waals surface area (Å²) in [6.07, 6.45) is 7.04. The summed E-state index contributed by atoms with van der Waals surface area (Å²) in [6.45, 7) is 0.227. The molecule has 92 valence electrons. The van der Waals surface area contributed by atoms with E-state index in [1.54, 1.807) is 0 Å². The van der Waals surface area contributed by atoms with E-state index in [-0.39, 0.29) is 18.1 Å². The third kappa shape index (κ3) is 1.71. The number of rotatable bonds is 3. The molecule has 0 spiro atoms. The lowest BCUT2D eigenvalue weighted by Gasteiger charge is -2.45. The highest BCUT2D eigenvalue weighted by atomic mass is 16.3. The van der Waals surface area contributed by atoms with E-state index >= 15 is 0 Å². The number of aliphatic hydroxyl groups is 1. The SMILES string of the molecule is NC(c1ccc2c(c1)CCC2)C1(CO)CCC1. The van der Waals surface area contributed by atoms with Crippen molar-refractivity contribution in [1.29, 1.82) is 0 Å². The molecule has 0 heterocycles. The number of fused-ring (bicyclic) bond motifs is 1. The van der Waals surface area contributed by atoms with Crippen LogP contribution in [0.3, 0.4) is 0 Å². The molecule has 3 rings (SSSR count). The summed E-state index contributed by atoms with van der Waals surface area (Å²) in [5, 5.41) is 9.58. The van der Waals surface area contributed by atoms with Gasteiger partial charge in [0.2, 0.25) is 0 Å². The fourth-order valence-electron chi connectivity index (χ4n) is 3.34. The van der Waals surface area contributed by atoms with Gasteiger partial charge in [0.05, 0.1) is 6.61 Å². The molecule has 3 N–H and O–H groups in total. The summed E-state index contributed by atoms with van der Waals surface area (Å²) in [6, 6.07) is 6.70. The smallest absolute Gasteiger partial charge is 0.0505 e. The quantitative estimate of drug-likeness (QED) is 0.838. The second-order valence-corrected chi connectivity index (χ2v) is 5.73. The van der Waals surface area contributed by atoms with E-state index in [1.165, 1.54) is 42.4 Å². The van der Waals surface area contributed by atoms with Crippen molar-refractivity contribution in [2.24, 2.45) is 11.1 Å². The van der Waals surface area contributed by atoms with Crippen LogP contribution in [0.1, 0.15) is 48.4 Å². The molecular formula is C15H21NO. The van der Waals surface area contributed by atoms with Crippen LogP contribution < -0.4 is 5.73 Å². The molecule has 2 heteroatoms. The van der Waals surface area contributed by atoms with Gasteiger partial charge in [-0.2, -0.15) is 0 Å². The van der Waals surface area contributed by atoms with Crippen LogP contribution in [0, 0.1) is 5.41 Å². The Kier molecular flexibility index (Phi) is 2.72. The average molecular weight is 231 g/mol. The van der Waals surface area contributed by atoms with Gasteiger partial charge < -0.3 is 10.8 Å². The van der Waals surface area contributed by atoms with Crippen molar-refractivity contribution in [3.05, 3.63) is 34.9 Å². The molecule has 1 fully saturated rings. The topological polar surface area (TPSA) is 46.2 Å². The van der Waals surface area contributed by atoms with E-state index in [0.29, 0.717) is 0 Å². The van der Waals surface area contributed by atoms with Gasteiger partial charge in [-0.25, -0.2) is 0 Å². The molecule has 1 saturated carbocycles. The minimum atomic E-state index is -0.0349. The van der Waals surface area contributed by atoms with Crippen molar-refractivity contribution in [1.82, 2.24) is 0 Å². The number of aliphatic hydroxyl groups excluding tert-OH is 1. The van der Waals surface area contributed by atoms with Crippen LogP contribution in [0.5, 0.6) is 0 Å². The predicted molar refractivity (Wildman–Crippen MR) is 68.8 cm³/mol. The van der Waals surface area contributed by atoms with Gasteiger partial charge in [0.15, 0.2) is 0 Å². The van der Waals surface area contributed by atoms with Gasteiger partial charge in [-0.1, -0.05) is 24.6 Å². The molecule has 0 bridgehead atoms. The van der Waals surface area contributed by atoms with Gasteiger partial charge in [0.1, 0.15) is 0 Å². The zero-order valence-electron chi connectivity index (χ0n) is 10.3. The highest BCUT2D eigenvalue weighted by molar-refractivity contribution is 5.37. The molecule has 2 aliphatic carbocycles. The van der Waals surface area contributed by atoms with Crippen LogP contribution >= 0.6 is 0 Å². The van der Waals surface area contributed by atoms with Crippen molar-refractivity contribution >= 4 is 0 Å². The predicted octanol–water partition coefficient (Wildman–Crippen LogP) is 2.34. The largest absolute Gasteiger partial charge is 0.396 e. The second kappa shape index (κ2) is 4.11. The Morgan fingerprint density at radius 3 is 2.59 bits per heavy atom. The lowest BCUT2D eigenvalue weighted by molar-refractivity contribution is 0.0184. The fourth-order valence-corrected chi connectivity index (χ4v) is 3.34. The van der Waals surface area contributed by atoms with E-state index in [4.69, 9.17) is 5.73 Å². The van der Waals surface area contributed by atoms with E-state index in [2.05, 4.69) is 18.2 Å². The third-order valence-corrected chi connectivity index (χ3v) is 4.81. The molecular weight excluding hydrogens is 210 g/mol. The molecule has 0 aromatic heterocycles. The van der Waals surface area contributed by atoms with E-state index in [1.807, 2.05) is 0 Å². The number of hydrogen-bond donors (Lipinski definition) is 2. The zero-order valence-corrected chi connectivity index (χ0v) is 10.3. The van der Waals surface area contributed by atoms with Crippen LogP contribution in [0.2, 0.25) is 0 Å². The first-order chi connectivity index (χ1) is 8.25. The van der Waals surface area contributed by atoms with Gasteiger partial charge in [0.25, 0.3) is 0 Å². The summed E-state index contributed by atoms with van der Waals surface area (Å²) in [4.78, 5) is 0. The monoisotopic (exact) mass is 231 g/mol. The molecule has 0 radical (unpaired) electrons. The van der Waals surface area contributed by atoms with Crippen molar-refractivity contribution < 1.29 is 5.11 Å². The highest BCUT2D eigenvalue weighted by Crippen LogP contribution is 2.49. The normalized spacial score (nSPS) is 22.9. The Bertz CT molecular complexity index is 417. The van der Waals surface area contributed by atoms with Crippen molar-refractivity contribution in [3.63, 3.8) is 0 Å². The number of nitrogens with two attached hydrogens (primary N) is 1. The van der Waals surface area contributed by atoms with Crippen LogP contribution in [0.25, 0.3) is 0 Å². The van der Waals surface area contributed by atoms with Crippen molar-refractivity contribution in [2.75, 3.05) is 6.61 Å². The first-order valence-corrected chi connectivity index (χ1v) is 6.73. The van der Waals surface area contributed by atoms with E-state index in [9.17, 15) is 5.11 Å². The number of benzene rings is 1. The minimum absolute atomic E-state index is 0.00662. The molecule has 17 heavy (non-hydrogen) atoms. The van der Waals surface area contributed by atoms with Crippen molar-refractivity contribution in [3.8, 4) is 0 Å². The average Bonchev–Trinajstić information content (AvgIpc) is 2.74. The van der Waals surface area contributed by atoms with Gasteiger partial charge in [-0.15, -0.1) is 0 Å². The Hall–Kier alpha value is -0.860. The summed E-state index contributed by atoms with van der Waals surface area (Å²) in [5.74, 6) is 0. The maximum atomic E-state index is 9.58. The zero-order chi connectivity index (χ0) is 11.9. The molecule has 0 amide bonds.